The normalized spacial score (nSPS) is 19.4. The number of methoxy groups -OCH3 is 1. The maximum atomic E-state index is 14.4. The molecule has 0 radical (unpaired) electrons. The van der Waals surface area contributed by atoms with Crippen LogP contribution in [0.1, 0.15) is 43.0 Å². The lowest BCUT2D eigenvalue weighted by Crippen LogP contribution is -2.41. The van der Waals surface area contributed by atoms with E-state index in [0.29, 0.717) is 11.7 Å². The molecule has 2 aromatic rings. The van der Waals surface area contributed by atoms with Gasteiger partial charge in [-0.15, -0.1) is 0 Å². The van der Waals surface area contributed by atoms with Crippen LogP contribution >= 0.6 is 0 Å². The van der Waals surface area contributed by atoms with Crippen molar-refractivity contribution in [1.82, 2.24) is 5.32 Å². The van der Waals surface area contributed by atoms with Gasteiger partial charge in [0.05, 0.1) is 12.8 Å². The maximum absolute atomic E-state index is 14.4. The Morgan fingerprint density at radius 2 is 1.86 bits per heavy atom. The van der Waals surface area contributed by atoms with Gasteiger partial charge in [0.2, 0.25) is 0 Å². The number of para-hydroxylation sites is 2. The molecular formula is C21H25FN2O4S. The van der Waals surface area contributed by atoms with E-state index in [1.807, 2.05) is 0 Å². The Labute approximate surface area is 170 Å². The van der Waals surface area contributed by atoms with Crippen molar-refractivity contribution in [1.29, 1.82) is 0 Å². The van der Waals surface area contributed by atoms with E-state index in [2.05, 4.69) is 17.0 Å². The summed E-state index contributed by atoms with van der Waals surface area (Å²) in [6.45, 7) is 2.09. The van der Waals surface area contributed by atoms with Crippen LogP contribution in [-0.2, 0) is 10.0 Å². The van der Waals surface area contributed by atoms with Crippen LogP contribution in [0.2, 0.25) is 0 Å². The summed E-state index contributed by atoms with van der Waals surface area (Å²) >= 11 is 0. The number of nitrogens with one attached hydrogen (secondary N) is 2. The van der Waals surface area contributed by atoms with Gasteiger partial charge in [-0.05, 0) is 49.1 Å². The summed E-state index contributed by atoms with van der Waals surface area (Å²) in [6, 6.07) is 9.80. The van der Waals surface area contributed by atoms with E-state index in [9.17, 15) is 17.6 Å². The number of hydrogen-bond donors (Lipinski definition) is 2. The molecule has 8 heteroatoms. The Bertz CT molecular complexity index is 994. The number of carbonyl (C=O) groups excluding carboxylic acids is 1. The minimum atomic E-state index is -4.26. The molecule has 0 saturated heterocycles. The highest BCUT2D eigenvalue weighted by Gasteiger charge is 2.26. The smallest absolute Gasteiger partial charge is 0.264 e. The number of sulfonamides is 1. The molecule has 2 unspecified atom stereocenters. The van der Waals surface area contributed by atoms with Crippen LogP contribution in [0.15, 0.2) is 47.4 Å². The lowest BCUT2D eigenvalue weighted by atomic mass is 9.86. The molecule has 0 spiro atoms. The summed E-state index contributed by atoms with van der Waals surface area (Å²) in [7, 11) is -2.85. The third-order valence-electron chi connectivity index (χ3n) is 5.26. The molecule has 0 bridgehead atoms. The molecule has 0 aliphatic heterocycles. The highest BCUT2D eigenvalue weighted by molar-refractivity contribution is 7.92. The number of rotatable bonds is 6. The standard InChI is InChI=1S/C21H25FN2O4S/c1-14-7-3-4-8-17(14)23-21(25)15-11-12-16(22)20(13-15)29(26,27)24-18-9-5-6-10-19(18)28-2/h5-6,9-14,17,24H,3-4,7-8H2,1-2H3,(H,23,25). The first kappa shape index (κ1) is 21.1. The predicted molar refractivity (Wildman–Crippen MR) is 109 cm³/mol. The summed E-state index contributed by atoms with van der Waals surface area (Å²) in [5, 5.41) is 2.95. The van der Waals surface area contributed by atoms with Crippen LogP contribution in [0.5, 0.6) is 5.75 Å². The molecule has 2 atom stereocenters. The molecule has 1 amide bonds. The van der Waals surface area contributed by atoms with Gasteiger partial charge in [0.25, 0.3) is 15.9 Å². The first-order chi connectivity index (χ1) is 13.8. The van der Waals surface area contributed by atoms with Gasteiger partial charge in [0.15, 0.2) is 0 Å². The molecule has 1 saturated carbocycles. The largest absolute Gasteiger partial charge is 0.495 e. The van der Waals surface area contributed by atoms with E-state index in [4.69, 9.17) is 4.74 Å². The van der Waals surface area contributed by atoms with E-state index in [-0.39, 0.29) is 17.3 Å². The third kappa shape index (κ3) is 4.87. The molecule has 6 nitrogen and oxygen atoms in total. The van der Waals surface area contributed by atoms with Gasteiger partial charge < -0.3 is 10.1 Å². The molecule has 2 aromatic carbocycles. The van der Waals surface area contributed by atoms with Gasteiger partial charge in [-0.2, -0.15) is 0 Å². The van der Waals surface area contributed by atoms with Gasteiger partial charge in [0.1, 0.15) is 16.5 Å². The Kier molecular flexibility index (Phi) is 6.42. The highest BCUT2D eigenvalue weighted by atomic mass is 32.2. The molecule has 1 aliphatic carbocycles. The van der Waals surface area contributed by atoms with E-state index < -0.39 is 26.6 Å². The molecule has 3 rings (SSSR count). The van der Waals surface area contributed by atoms with Crippen LogP contribution in [0, 0.1) is 11.7 Å². The molecule has 156 valence electrons. The fourth-order valence-electron chi connectivity index (χ4n) is 3.56. The van der Waals surface area contributed by atoms with Gasteiger partial charge in [-0.1, -0.05) is 31.9 Å². The van der Waals surface area contributed by atoms with Gasteiger partial charge in [-0.25, -0.2) is 12.8 Å². The summed E-state index contributed by atoms with van der Waals surface area (Å²) < 4.78 is 47.3. The Morgan fingerprint density at radius 1 is 1.14 bits per heavy atom. The zero-order valence-corrected chi connectivity index (χ0v) is 17.3. The van der Waals surface area contributed by atoms with Crippen LogP contribution in [0.25, 0.3) is 0 Å². The van der Waals surface area contributed by atoms with Gasteiger partial charge in [0, 0.05) is 11.6 Å². The first-order valence-corrected chi connectivity index (χ1v) is 11.1. The van der Waals surface area contributed by atoms with Gasteiger partial charge >= 0.3 is 0 Å². The van der Waals surface area contributed by atoms with Crippen molar-refractivity contribution in [2.45, 2.75) is 43.5 Å². The minimum absolute atomic E-state index is 0.0352. The number of benzene rings is 2. The molecule has 0 aromatic heterocycles. The fraction of sp³-hybridized carbons (Fsp3) is 0.381. The number of carbonyl (C=O) groups is 1. The van der Waals surface area contributed by atoms with Crippen LogP contribution in [0.4, 0.5) is 10.1 Å². The molecule has 29 heavy (non-hydrogen) atoms. The number of anilines is 1. The second kappa shape index (κ2) is 8.82. The average molecular weight is 421 g/mol. The van der Waals surface area contributed by atoms with Crippen molar-refractivity contribution in [3.05, 3.63) is 53.8 Å². The second-order valence-corrected chi connectivity index (χ2v) is 8.94. The van der Waals surface area contributed by atoms with Gasteiger partial charge in [-0.3, -0.25) is 9.52 Å². The van der Waals surface area contributed by atoms with Crippen molar-refractivity contribution in [2.75, 3.05) is 11.8 Å². The van der Waals surface area contributed by atoms with Crippen LogP contribution in [-0.4, -0.2) is 27.5 Å². The zero-order chi connectivity index (χ0) is 21.0. The Balaban J connectivity index is 1.85. The first-order valence-electron chi connectivity index (χ1n) is 9.58. The van der Waals surface area contributed by atoms with E-state index >= 15 is 0 Å². The quantitative estimate of drug-likeness (QED) is 0.741. The monoisotopic (exact) mass is 420 g/mol. The third-order valence-corrected chi connectivity index (χ3v) is 6.64. The molecule has 2 N–H and O–H groups in total. The van der Waals surface area contributed by atoms with E-state index in [1.54, 1.807) is 18.2 Å². The summed E-state index contributed by atoms with van der Waals surface area (Å²) in [6.07, 6.45) is 4.10. The van der Waals surface area contributed by atoms with Crippen LogP contribution < -0.4 is 14.8 Å². The average Bonchev–Trinajstić information content (AvgIpc) is 2.70. The highest BCUT2D eigenvalue weighted by Crippen LogP contribution is 2.28. The SMILES string of the molecule is COc1ccccc1NS(=O)(=O)c1cc(C(=O)NC2CCCCC2C)ccc1F. The molecular weight excluding hydrogens is 395 g/mol. The predicted octanol–water partition coefficient (Wildman–Crippen LogP) is 3.94. The molecule has 0 heterocycles. The van der Waals surface area contributed by atoms with E-state index in [0.717, 1.165) is 37.8 Å². The van der Waals surface area contributed by atoms with Crippen molar-refractivity contribution >= 4 is 21.6 Å². The maximum Gasteiger partial charge on any atom is 0.264 e. The second-order valence-electron chi connectivity index (χ2n) is 7.29. The lowest BCUT2D eigenvalue weighted by molar-refractivity contribution is 0.0910. The number of ether oxygens (including phenoxy) is 1. The topological polar surface area (TPSA) is 84.5 Å². The molecule has 1 fully saturated rings. The van der Waals surface area contributed by atoms with Crippen molar-refractivity contribution in [3.8, 4) is 5.75 Å². The summed E-state index contributed by atoms with van der Waals surface area (Å²) in [5.41, 5.74) is 0.282. The zero-order valence-electron chi connectivity index (χ0n) is 16.4. The van der Waals surface area contributed by atoms with Crippen molar-refractivity contribution in [3.63, 3.8) is 0 Å². The summed E-state index contributed by atoms with van der Waals surface area (Å²) in [5.74, 6) is -0.687. The fourth-order valence-corrected chi connectivity index (χ4v) is 4.74. The Hall–Kier alpha value is -2.61. The number of halogens is 1. The minimum Gasteiger partial charge on any atom is -0.495 e. The van der Waals surface area contributed by atoms with Crippen molar-refractivity contribution < 1.29 is 22.3 Å². The lowest BCUT2D eigenvalue weighted by Gasteiger charge is -2.29. The molecule has 1 aliphatic rings. The number of amides is 1. The number of hydrogen-bond acceptors (Lipinski definition) is 4. The van der Waals surface area contributed by atoms with Crippen LogP contribution in [0.3, 0.4) is 0 Å². The Morgan fingerprint density at radius 3 is 2.59 bits per heavy atom. The summed E-state index contributed by atoms with van der Waals surface area (Å²) in [4.78, 5) is 12.0. The van der Waals surface area contributed by atoms with Crippen molar-refractivity contribution in [2.24, 2.45) is 5.92 Å². The van der Waals surface area contributed by atoms with E-state index in [1.165, 1.54) is 19.2 Å².